The second-order valence-electron chi connectivity index (χ2n) is 5.27. The molecule has 0 heterocycles. The molecule has 1 aliphatic rings. The molecule has 1 N–H and O–H groups in total. The first-order valence-corrected chi connectivity index (χ1v) is 6.91. The van der Waals surface area contributed by atoms with Gasteiger partial charge in [-0.05, 0) is 49.3 Å². The van der Waals surface area contributed by atoms with Crippen LogP contribution in [0, 0.1) is 28.6 Å². The van der Waals surface area contributed by atoms with Gasteiger partial charge in [-0.3, -0.25) is 0 Å². The Kier molecular flexibility index (Phi) is 4.95. The predicted octanol–water partition coefficient (Wildman–Crippen LogP) is 3.12. The molecular weight excluding hydrogens is 234 g/mol. The van der Waals surface area contributed by atoms with Crippen LogP contribution >= 0.6 is 0 Å². The summed E-state index contributed by atoms with van der Waals surface area (Å²) in [6.07, 6.45) is 5.33. The first kappa shape index (κ1) is 13.6. The van der Waals surface area contributed by atoms with Crippen molar-refractivity contribution in [2.45, 2.75) is 44.7 Å². The van der Waals surface area contributed by atoms with Gasteiger partial charge in [0.25, 0.3) is 0 Å². The Hall–Kier alpha value is -1.84. The van der Waals surface area contributed by atoms with E-state index in [0.29, 0.717) is 18.4 Å². The number of benzene rings is 1. The molecule has 1 saturated carbocycles. The topological polar surface area (TPSA) is 59.6 Å². The maximum Gasteiger partial charge on any atom is 0.0991 e. The lowest BCUT2D eigenvalue weighted by Gasteiger charge is -2.28. The second-order valence-corrected chi connectivity index (χ2v) is 5.27. The van der Waals surface area contributed by atoms with Gasteiger partial charge in [0.05, 0.1) is 17.7 Å². The fourth-order valence-electron chi connectivity index (χ4n) is 2.71. The summed E-state index contributed by atoms with van der Waals surface area (Å²) in [4.78, 5) is 0. The van der Waals surface area contributed by atoms with E-state index in [0.717, 1.165) is 43.4 Å². The molecule has 0 atom stereocenters. The molecule has 0 bridgehead atoms. The molecule has 0 amide bonds. The zero-order chi connectivity index (χ0) is 13.5. The van der Waals surface area contributed by atoms with Crippen molar-refractivity contribution in [1.29, 1.82) is 10.5 Å². The minimum absolute atomic E-state index is 0.556. The molecule has 3 heteroatoms. The summed E-state index contributed by atoms with van der Waals surface area (Å²) in [6.45, 7) is 0.823. The Bertz CT molecular complexity index is 487. The van der Waals surface area contributed by atoms with Gasteiger partial charge >= 0.3 is 0 Å². The molecule has 0 radical (unpaired) electrons. The van der Waals surface area contributed by atoms with Crippen LogP contribution in [-0.4, -0.2) is 6.04 Å². The van der Waals surface area contributed by atoms with Crippen molar-refractivity contribution < 1.29 is 0 Å². The zero-order valence-corrected chi connectivity index (χ0v) is 11.1. The molecule has 0 aliphatic heterocycles. The molecule has 19 heavy (non-hydrogen) atoms. The van der Waals surface area contributed by atoms with Crippen molar-refractivity contribution in [1.82, 2.24) is 5.32 Å². The smallest absolute Gasteiger partial charge is 0.0991 e. The van der Waals surface area contributed by atoms with Crippen LogP contribution in [0.5, 0.6) is 0 Å². The standard InChI is InChI=1S/C16H19N3/c17-9-8-13-4-6-16(7-5-13)19-12-15-3-1-2-14(10-15)11-18/h1-3,10,13,16,19H,4-8,12H2. The van der Waals surface area contributed by atoms with Gasteiger partial charge in [-0.25, -0.2) is 0 Å². The highest BCUT2D eigenvalue weighted by Gasteiger charge is 2.20. The van der Waals surface area contributed by atoms with Crippen LogP contribution in [0.15, 0.2) is 24.3 Å². The summed E-state index contributed by atoms with van der Waals surface area (Å²) in [5.41, 5.74) is 1.88. The predicted molar refractivity (Wildman–Crippen MR) is 74.0 cm³/mol. The quantitative estimate of drug-likeness (QED) is 0.896. The first-order chi connectivity index (χ1) is 9.31. The Labute approximate surface area is 114 Å². The summed E-state index contributed by atoms with van der Waals surface area (Å²) in [5.74, 6) is 0.602. The van der Waals surface area contributed by atoms with E-state index >= 15 is 0 Å². The fraction of sp³-hybridized carbons (Fsp3) is 0.500. The maximum atomic E-state index is 8.86. The molecule has 1 fully saturated rings. The first-order valence-electron chi connectivity index (χ1n) is 6.91. The van der Waals surface area contributed by atoms with Gasteiger partial charge in [0.2, 0.25) is 0 Å². The van der Waals surface area contributed by atoms with Gasteiger partial charge in [0.15, 0.2) is 0 Å². The third-order valence-corrected chi connectivity index (χ3v) is 3.88. The normalized spacial score (nSPS) is 22.4. The molecule has 3 nitrogen and oxygen atoms in total. The van der Waals surface area contributed by atoms with Crippen molar-refractivity contribution in [2.24, 2.45) is 5.92 Å². The number of nitriles is 2. The van der Waals surface area contributed by atoms with Gasteiger partial charge in [0, 0.05) is 19.0 Å². The third kappa shape index (κ3) is 4.09. The molecule has 98 valence electrons. The van der Waals surface area contributed by atoms with Gasteiger partial charge in [-0.2, -0.15) is 10.5 Å². The highest BCUT2D eigenvalue weighted by atomic mass is 14.9. The molecular formula is C16H19N3. The second kappa shape index (κ2) is 6.92. The summed E-state index contributed by atoms with van der Waals surface area (Å²) >= 11 is 0. The zero-order valence-electron chi connectivity index (χ0n) is 11.1. The summed E-state index contributed by atoms with van der Waals surface area (Å²) < 4.78 is 0. The van der Waals surface area contributed by atoms with Crippen LogP contribution in [0.2, 0.25) is 0 Å². The van der Waals surface area contributed by atoms with Crippen molar-refractivity contribution >= 4 is 0 Å². The van der Waals surface area contributed by atoms with Crippen molar-refractivity contribution in [3.8, 4) is 12.1 Å². The van der Waals surface area contributed by atoms with Crippen LogP contribution in [-0.2, 0) is 6.54 Å². The molecule has 0 spiro atoms. The van der Waals surface area contributed by atoms with E-state index in [1.54, 1.807) is 0 Å². The van der Waals surface area contributed by atoms with Gasteiger partial charge < -0.3 is 5.32 Å². The monoisotopic (exact) mass is 253 g/mol. The number of rotatable bonds is 4. The van der Waals surface area contributed by atoms with Crippen molar-refractivity contribution in [2.75, 3.05) is 0 Å². The van der Waals surface area contributed by atoms with Crippen molar-refractivity contribution in [3.63, 3.8) is 0 Å². The van der Waals surface area contributed by atoms with Crippen LogP contribution in [0.4, 0.5) is 0 Å². The molecule has 2 rings (SSSR count). The minimum atomic E-state index is 0.556. The van der Waals surface area contributed by atoms with E-state index in [4.69, 9.17) is 10.5 Å². The van der Waals surface area contributed by atoms with E-state index in [1.807, 2.05) is 18.2 Å². The number of hydrogen-bond donors (Lipinski definition) is 1. The number of nitrogens with one attached hydrogen (secondary N) is 1. The van der Waals surface area contributed by atoms with E-state index in [9.17, 15) is 0 Å². The van der Waals surface area contributed by atoms with Crippen molar-refractivity contribution in [3.05, 3.63) is 35.4 Å². The Morgan fingerprint density at radius 3 is 2.63 bits per heavy atom. The molecule has 1 aliphatic carbocycles. The Morgan fingerprint density at radius 1 is 1.16 bits per heavy atom. The van der Waals surface area contributed by atoms with E-state index in [1.165, 1.54) is 0 Å². The van der Waals surface area contributed by atoms with Crippen LogP contribution < -0.4 is 5.32 Å². The lowest BCUT2D eigenvalue weighted by atomic mass is 9.84. The van der Waals surface area contributed by atoms with Crippen LogP contribution in [0.25, 0.3) is 0 Å². The number of nitrogens with zero attached hydrogens (tertiary/aromatic N) is 2. The molecule has 0 unspecified atom stereocenters. The third-order valence-electron chi connectivity index (χ3n) is 3.88. The van der Waals surface area contributed by atoms with E-state index < -0.39 is 0 Å². The Balaban J connectivity index is 1.78. The van der Waals surface area contributed by atoms with Crippen LogP contribution in [0.3, 0.4) is 0 Å². The molecule has 0 aromatic heterocycles. The highest BCUT2D eigenvalue weighted by molar-refractivity contribution is 5.32. The molecule has 1 aromatic carbocycles. The average molecular weight is 253 g/mol. The number of hydrogen-bond acceptors (Lipinski definition) is 3. The summed E-state index contributed by atoms with van der Waals surface area (Å²) in [6, 6.07) is 12.7. The minimum Gasteiger partial charge on any atom is -0.310 e. The highest BCUT2D eigenvalue weighted by Crippen LogP contribution is 2.26. The maximum absolute atomic E-state index is 8.86. The fourth-order valence-corrected chi connectivity index (χ4v) is 2.71. The average Bonchev–Trinajstić information content (AvgIpc) is 2.47. The lowest BCUT2D eigenvalue weighted by molar-refractivity contribution is 0.294. The SMILES string of the molecule is N#CCC1CCC(NCc2cccc(C#N)c2)CC1. The largest absolute Gasteiger partial charge is 0.310 e. The van der Waals surface area contributed by atoms with E-state index in [2.05, 4.69) is 23.5 Å². The van der Waals surface area contributed by atoms with E-state index in [-0.39, 0.29) is 0 Å². The van der Waals surface area contributed by atoms with Crippen LogP contribution in [0.1, 0.15) is 43.2 Å². The lowest BCUT2D eigenvalue weighted by Crippen LogP contribution is -2.32. The summed E-state index contributed by atoms with van der Waals surface area (Å²) in [5, 5.41) is 21.1. The summed E-state index contributed by atoms with van der Waals surface area (Å²) in [7, 11) is 0. The molecule has 0 saturated heterocycles. The molecule has 1 aromatic rings. The Morgan fingerprint density at radius 2 is 1.95 bits per heavy atom. The van der Waals surface area contributed by atoms with Gasteiger partial charge in [-0.1, -0.05) is 12.1 Å². The van der Waals surface area contributed by atoms with Gasteiger partial charge in [0.1, 0.15) is 0 Å². The van der Waals surface area contributed by atoms with Gasteiger partial charge in [-0.15, -0.1) is 0 Å².